The van der Waals surface area contributed by atoms with Gasteiger partial charge in [-0.25, -0.2) is 0 Å². The minimum absolute atomic E-state index is 0.286. The van der Waals surface area contributed by atoms with Gasteiger partial charge >= 0.3 is 5.97 Å². The van der Waals surface area contributed by atoms with E-state index in [0.29, 0.717) is 8.73 Å². The first-order valence-corrected chi connectivity index (χ1v) is 19.6. The van der Waals surface area contributed by atoms with E-state index in [1.54, 1.807) is 0 Å². The lowest BCUT2D eigenvalue weighted by Gasteiger charge is -2.42. The van der Waals surface area contributed by atoms with Crippen molar-refractivity contribution in [2.24, 2.45) is 5.41 Å². The number of nitrogens with one attached hydrogen (secondary N) is 1. The van der Waals surface area contributed by atoms with Gasteiger partial charge in [-0.1, -0.05) is 184 Å². The van der Waals surface area contributed by atoms with Crippen LogP contribution in [0, 0.1) is 5.41 Å². The predicted octanol–water partition coefficient (Wildman–Crippen LogP) is 11.6. The number of aliphatic hydroxyl groups excluding tert-OH is 1. The Kier molecular flexibility index (Phi) is 29.7. The second-order valence-electron chi connectivity index (χ2n) is 13.0. The molecule has 0 aromatic rings. The average molecular weight is 600 g/mol. The van der Waals surface area contributed by atoms with Crippen molar-refractivity contribution >= 4 is 14.7 Å². The van der Waals surface area contributed by atoms with Crippen LogP contribution in [0.3, 0.4) is 0 Å². The molecule has 1 unspecified atom stereocenters. The third-order valence-electron chi connectivity index (χ3n) is 9.21. The molecule has 3 N–H and O–H groups in total. The molecule has 0 aromatic heterocycles. The molecule has 0 aromatic carbocycles. The Morgan fingerprint density at radius 3 is 1.22 bits per heavy atom. The van der Waals surface area contributed by atoms with Crippen LogP contribution in [0.15, 0.2) is 0 Å². The lowest BCUT2D eigenvalue weighted by molar-refractivity contribution is -0.145. The molecular weight excluding hydrogens is 525 g/mol. The van der Waals surface area contributed by atoms with Crippen molar-refractivity contribution in [1.82, 2.24) is 5.09 Å². The van der Waals surface area contributed by atoms with E-state index in [4.69, 9.17) is 0 Å². The van der Waals surface area contributed by atoms with Gasteiger partial charge in [0.15, 0.2) is 0 Å². The van der Waals surface area contributed by atoms with Gasteiger partial charge in [0.25, 0.3) is 0 Å². The van der Waals surface area contributed by atoms with E-state index >= 15 is 0 Å². The molecule has 5 heteroatoms. The summed E-state index contributed by atoms with van der Waals surface area (Å²) in [4.78, 5) is 12.5. The molecule has 246 valence electrons. The first-order chi connectivity index (χ1) is 20.0. The molecule has 0 saturated heterocycles. The number of unbranched alkanes of at least 4 members (excludes halogenated alkanes) is 20. The van der Waals surface area contributed by atoms with Crippen molar-refractivity contribution in [3.63, 3.8) is 0 Å². The van der Waals surface area contributed by atoms with Crippen LogP contribution < -0.4 is 5.09 Å². The zero-order valence-electron chi connectivity index (χ0n) is 28.3. The number of rotatable bonds is 33. The summed E-state index contributed by atoms with van der Waals surface area (Å²) in [5.41, 5.74) is -0.286. The van der Waals surface area contributed by atoms with Crippen molar-refractivity contribution in [3.05, 3.63) is 0 Å². The quantitative estimate of drug-likeness (QED) is 0.0518. The molecular formula is C36H74NO3P. The number of aliphatic hydroxyl groups is 1. The molecule has 0 radical (unpaired) electrons. The third kappa shape index (κ3) is 22.1. The Bertz CT molecular complexity index is 528. The molecule has 0 saturated carbocycles. The molecule has 0 aliphatic rings. The molecule has 0 aliphatic carbocycles. The van der Waals surface area contributed by atoms with E-state index in [-0.39, 0.29) is 5.41 Å². The minimum Gasteiger partial charge on any atom is -0.480 e. The zero-order chi connectivity index (χ0) is 30.4. The SMILES string of the molecule is CCCCCCCCCCCCCCPN[C@H](C(=O)O)[C@H](O)C(CCCCCC)(CCCCCC)CCCCCC. The summed E-state index contributed by atoms with van der Waals surface area (Å²) >= 11 is 0. The molecule has 0 bridgehead atoms. The van der Waals surface area contributed by atoms with Crippen LogP contribution >= 0.6 is 8.73 Å². The van der Waals surface area contributed by atoms with Crippen LogP contribution in [-0.4, -0.2) is 34.5 Å². The summed E-state index contributed by atoms with van der Waals surface area (Å²) < 4.78 is 0. The second kappa shape index (κ2) is 29.9. The Labute approximate surface area is 259 Å². The van der Waals surface area contributed by atoms with Crippen LogP contribution in [0.25, 0.3) is 0 Å². The molecule has 41 heavy (non-hydrogen) atoms. The van der Waals surface area contributed by atoms with Crippen LogP contribution in [0.2, 0.25) is 0 Å². The summed E-state index contributed by atoms with van der Waals surface area (Å²) in [5.74, 6) is -0.875. The highest BCUT2D eigenvalue weighted by atomic mass is 31.1. The Balaban J connectivity index is 4.83. The van der Waals surface area contributed by atoms with E-state index < -0.39 is 18.1 Å². The molecule has 0 amide bonds. The summed E-state index contributed by atoms with van der Waals surface area (Å²) in [5, 5.41) is 25.4. The zero-order valence-corrected chi connectivity index (χ0v) is 29.3. The smallest absolute Gasteiger partial charge is 0.323 e. The topological polar surface area (TPSA) is 69.6 Å². The van der Waals surface area contributed by atoms with Gasteiger partial charge in [-0.2, -0.15) is 0 Å². The Morgan fingerprint density at radius 2 is 0.878 bits per heavy atom. The maximum atomic E-state index is 12.5. The molecule has 0 aliphatic heterocycles. The van der Waals surface area contributed by atoms with Crippen molar-refractivity contribution in [1.29, 1.82) is 0 Å². The van der Waals surface area contributed by atoms with Gasteiger partial charge in [-0.05, 0) is 37.3 Å². The first kappa shape index (κ1) is 40.8. The van der Waals surface area contributed by atoms with Gasteiger partial charge in [-0.3, -0.25) is 9.88 Å². The largest absolute Gasteiger partial charge is 0.480 e. The van der Waals surface area contributed by atoms with Crippen LogP contribution in [0.5, 0.6) is 0 Å². The van der Waals surface area contributed by atoms with E-state index in [9.17, 15) is 15.0 Å². The van der Waals surface area contributed by atoms with Crippen LogP contribution in [0.4, 0.5) is 0 Å². The van der Waals surface area contributed by atoms with Gasteiger partial charge in [0, 0.05) is 0 Å². The highest BCUT2D eigenvalue weighted by Crippen LogP contribution is 2.42. The number of hydrogen-bond donors (Lipinski definition) is 3. The van der Waals surface area contributed by atoms with E-state index in [1.165, 1.54) is 128 Å². The fraction of sp³-hybridized carbons (Fsp3) is 0.972. The van der Waals surface area contributed by atoms with Crippen LogP contribution in [0.1, 0.15) is 201 Å². The van der Waals surface area contributed by atoms with Gasteiger partial charge in [0.2, 0.25) is 0 Å². The van der Waals surface area contributed by atoms with Gasteiger partial charge in [0.1, 0.15) is 6.04 Å². The normalized spacial score (nSPS) is 13.8. The third-order valence-corrected chi connectivity index (χ3v) is 10.3. The summed E-state index contributed by atoms with van der Waals surface area (Å²) in [6.45, 7) is 8.98. The standard InChI is InChI=1S/C36H74NO3P/c1-5-9-13-17-18-19-20-21-22-23-24-28-32-41-37-33(35(39)40)34(38)36(29-25-14-10-6-2,30-26-15-11-7-3)31-27-16-12-8-4/h33-34,37-38,41H,5-32H2,1-4H3,(H,39,40)/t33-,34-/m0/s1. The van der Waals surface area contributed by atoms with E-state index in [0.717, 1.165) is 51.1 Å². The number of hydrogen-bond acceptors (Lipinski definition) is 3. The van der Waals surface area contributed by atoms with Crippen molar-refractivity contribution in [2.45, 2.75) is 213 Å². The van der Waals surface area contributed by atoms with Crippen molar-refractivity contribution in [3.8, 4) is 0 Å². The molecule has 0 rings (SSSR count). The number of aliphatic carboxylic acids is 1. The summed E-state index contributed by atoms with van der Waals surface area (Å²) in [6, 6.07) is -0.853. The predicted molar refractivity (Wildman–Crippen MR) is 184 cm³/mol. The molecule has 0 spiro atoms. The average Bonchev–Trinajstić information content (AvgIpc) is 2.97. The molecule has 4 nitrogen and oxygen atoms in total. The monoisotopic (exact) mass is 600 g/mol. The number of carboxylic acid groups (broad SMARTS) is 1. The van der Waals surface area contributed by atoms with Crippen molar-refractivity contribution < 1.29 is 15.0 Å². The lowest BCUT2D eigenvalue weighted by atomic mass is 9.68. The summed E-state index contributed by atoms with van der Waals surface area (Å²) in [7, 11) is 0.405. The van der Waals surface area contributed by atoms with Gasteiger partial charge < -0.3 is 10.2 Å². The second-order valence-corrected chi connectivity index (χ2v) is 14.2. The maximum Gasteiger partial charge on any atom is 0.323 e. The van der Waals surface area contributed by atoms with Crippen LogP contribution in [-0.2, 0) is 4.79 Å². The number of carboxylic acids is 1. The molecule has 3 atom stereocenters. The first-order valence-electron chi connectivity index (χ1n) is 18.4. The molecule has 0 fully saturated rings. The highest BCUT2D eigenvalue weighted by molar-refractivity contribution is 7.35. The summed E-state index contributed by atoms with van der Waals surface area (Å²) in [6.07, 6.45) is 33.2. The Hall–Kier alpha value is -0.180. The van der Waals surface area contributed by atoms with E-state index in [2.05, 4.69) is 32.8 Å². The highest BCUT2D eigenvalue weighted by Gasteiger charge is 2.43. The fourth-order valence-corrected chi connectivity index (χ4v) is 7.47. The molecule has 0 heterocycles. The fourth-order valence-electron chi connectivity index (χ4n) is 6.40. The Morgan fingerprint density at radius 1 is 0.561 bits per heavy atom. The minimum atomic E-state index is -0.875. The van der Waals surface area contributed by atoms with Gasteiger partial charge in [0.05, 0.1) is 6.10 Å². The van der Waals surface area contributed by atoms with Crippen molar-refractivity contribution in [2.75, 3.05) is 6.16 Å². The van der Waals surface area contributed by atoms with Gasteiger partial charge in [-0.15, -0.1) is 0 Å². The number of carbonyl (C=O) groups is 1. The lowest BCUT2D eigenvalue weighted by Crippen LogP contribution is -2.52. The maximum absolute atomic E-state index is 12.5. The van der Waals surface area contributed by atoms with E-state index in [1.807, 2.05) is 0 Å².